The summed E-state index contributed by atoms with van der Waals surface area (Å²) in [5.74, 6) is -0.357. The number of hydrogen-bond donors (Lipinski definition) is 1. The van der Waals surface area contributed by atoms with Gasteiger partial charge in [0, 0.05) is 27.3 Å². The fourth-order valence-corrected chi connectivity index (χ4v) is 4.62. The highest BCUT2D eigenvalue weighted by atomic mass is 32.1. The minimum absolute atomic E-state index is 0.0921. The van der Waals surface area contributed by atoms with E-state index in [1.54, 1.807) is 11.3 Å². The normalized spacial score (nSPS) is 16.5. The molecular formula is C18H18O3S. The molecule has 0 aliphatic heterocycles. The number of carboxylic acids is 1. The van der Waals surface area contributed by atoms with Crippen LogP contribution in [0.5, 0.6) is 0 Å². The molecule has 1 aromatic carbocycles. The van der Waals surface area contributed by atoms with E-state index in [-0.39, 0.29) is 12.2 Å². The second kappa shape index (κ2) is 6.05. The first kappa shape index (κ1) is 15.0. The summed E-state index contributed by atoms with van der Waals surface area (Å²) in [6.45, 7) is 1.99. The van der Waals surface area contributed by atoms with Crippen molar-refractivity contribution >= 4 is 23.1 Å². The topological polar surface area (TPSA) is 54.4 Å². The van der Waals surface area contributed by atoms with E-state index >= 15 is 0 Å². The number of aliphatic carboxylic acids is 1. The average molecular weight is 314 g/mol. The van der Waals surface area contributed by atoms with Crippen molar-refractivity contribution in [1.29, 1.82) is 0 Å². The van der Waals surface area contributed by atoms with E-state index in [1.807, 2.05) is 37.3 Å². The van der Waals surface area contributed by atoms with Gasteiger partial charge in [0.15, 0.2) is 5.78 Å². The van der Waals surface area contributed by atoms with Crippen LogP contribution in [0.2, 0.25) is 0 Å². The summed E-state index contributed by atoms with van der Waals surface area (Å²) in [4.78, 5) is 25.8. The highest BCUT2D eigenvalue weighted by Gasteiger charge is 2.31. The van der Waals surface area contributed by atoms with Crippen LogP contribution >= 0.6 is 11.3 Å². The van der Waals surface area contributed by atoms with Crippen molar-refractivity contribution in [1.82, 2.24) is 0 Å². The fourth-order valence-electron chi connectivity index (χ4n) is 3.24. The molecule has 0 saturated heterocycles. The van der Waals surface area contributed by atoms with Crippen molar-refractivity contribution in [2.24, 2.45) is 0 Å². The van der Waals surface area contributed by atoms with Crippen LogP contribution in [0.1, 0.15) is 56.4 Å². The Labute approximate surface area is 133 Å². The average Bonchev–Trinajstić information content (AvgIpc) is 3.03. The lowest BCUT2D eigenvalue weighted by atomic mass is 9.99. The molecule has 1 aromatic heterocycles. The number of thiophene rings is 1. The zero-order valence-electron chi connectivity index (χ0n) is 12.5. The fraction of sp³-hybridized carbons (Fsp3) is 0.333. The van der Waals surface area contributed by atoms with Crippen molar-refractivity contribution in [2.45, 2.75) is 38.5 Å². The lowest BCUT2D eigenvalue weighted by Gasteiger charge is -2.06. The van der Waals surface area contributed by atoms with Crippen LogP contribution < -0.4 is 0 Å². The van der Waals surface area contributed by atoms with Gasteiger partial charge in [0.2, 0.25) is 0 Å². The standard InChI is InChI=1S/C18H18O3S/c1-11-16(17(21)12-5-3-2-4-6-12)14-9-7-13(18(14)22-11)8-10-15(19)20/h2-6,13H,7-10H2,1H3,(H,19,20). The molecule has 3 nitrogen and oxygen atoms in total. The molecule has 114 valence electrons. The molecule has 1 heterocycles. The molecule has 1 aliphatic rings. The summed E-state index contributed by atoms with van der Waals surface area (Å²) in [5.41, 5.74) is 2.73. The Morgan fingerprint density at radius 1 is 1.27 bits per heavy atom. The van der Waals surface area contributed by atoms with E-state index in [1.165, 1.54) is 4.88 Å². The van der Waals surface area contributed by atoms with Gasteiger partial charge in [0.05, 0.1) is 0 Å². The van der Waals surface area contributed by atoms with Crippen LogP contribution in [0.15, 0.2) is 30.3 Å². The van der Waals surface area contributed by atoms with Gasteiger partial charge in [0.1, 0.15) is 0 Å². The third-order valence-corrected chi connectivity index (χ3v) is 5.61. The maximum atomic E-state index is 12.8. The zero-order valence-corrected chi connectivity index (χ0v) is 13.3. The number of benzene rings is 1. The lowest BCUT2D eigenvalue weighted by molar-refractivity contribution is -0.137. The van der Waals surface area contributed by atoms with Crippen LogP contribution in [-0.2, 0) is 11.2 Å². The first-order valence-electron chi connectivity index (χ1n) is 7.51. The Kier molecular flexibility index (Phi) is 4.12. The molecule has 0 bridgehead atoms. The van der Waals surface area contributed by atoms with E-state index in [0.29, 0.717) is 12.3 Å². The molecule has 3 rings (SSSR count). The van der Waals surface area contributed by atoms with Gasteiger partial charge in [-0.1, -0.05) is 30.3 Å². The number of carboxylic acid groups (broad SMARTS) is 1. The molecule has 0 amide bonds. The maximum Gasteiger partial charge on any atom is 0.303 e. The summed E-state index contributed by atoms with van der Waals surface area (Å²) in [7, 11) is 0. The Morgan fingerprint density at radius 3 is 2.68 bits per heavy atom. The second-order valence-corrected chi connectivity index (χ2v) is 7.00. The third kappa shape index (κ3) is 2.71. The summed E-state index contributed by atoms with van der Waals surface area (Å²) < 4.78 is 0. The van der Waals surface area contributed by atoms with Crippen molar-refractivity contribution in [3.05, 3.63) is 56.8 Å². The number of hydrogen-bond acceptors (Lipinski definition) is 3. The monoisotopic (exact) mass is 314 g/mol. The number of carbonyl (C=O) groups excluding carboxylic acids is 1. The van der Waals surface area contributed by atoms with Gasteiger partial charge in [0.25, 0.3) is 0 Å². The number of carbonyl (C=O) groups is 2. The van der Waals surface area contributed by atoms with E-state index in [0.717, 1.165) is 34.4 Å². The number of ketones is 1. The molecule has 22 heavy (non-hydrogen) atoms. The van der Waals surface area contributed by atoms with Crippen LogP contribution in [0, 0.1) is 6.92 Å². The van der Waals surface area contributed by atoms with E-state index in [2.05, 4.69) is 0 Å². The smallest absolute Gasteiger partial charge is 0.303 e. The largest absolute Gasteiger partial charge is 0.481 e. The molecular weight excluding hydrogens is 296 g/mol. The maximum absolute atomic E-state index is 12.8. The van der Waals surface area contributed by atoms with Crippen LogP contribution in [0.4, 0.5) is 0 Å². The molecule has 1 unspecified atom stereocenters. The molecule has 0 radical (unpaired) electrons. The minimum Gasteiger partial charge on any atom is -0.481 e. The summed E-state index contributed by atoms with van der Waals surface area (Å²) >= 11 is 1.67. The molecule has 1 N–H and O–H groups in total. The molecule has 0 spiro atoms. The SMILES string of the molecule is Cc1sc2c(c1C(=O)c1ccccc1)CCC2CCC(=O)O. The minimum atomic E-state index is -0.748. The molecule has 2 aromatic rings. The van der Waals surface area contributed by atoms with Crippen molar-refractivity contribution < 1.29 is 14.7 Å². The molecule has 0 saturated carbocycles. The Balaban J connectivity index is 1.91. The third-order valence-electron chi connectivity index (χ3n) is 4.30. The second-order valence-electron chi connectivity index (χ2n) is 5.74. The van der Waals surface area contributed by atoms with Crippen LogP contribution in [0.3, 0.4) is 0 Å². The first-order chi connectivity index (χ1) is 10.6. The summed E-state index contributed by atoms with van der Waals surface area (Å²) in [6.07, 6.45) is 2.71. The predicted molar refractivity (Wildman–Crippen MR) is 86.9 cm³/mol. The van der Waals surface area contributed by atoms with Gasteiger partial charge in [-0.3, -0.25) is 9.59 Å². The Hall–Kier alpha value is -1.94. The van der Waals surface area contributed by atoms with Gasteiger partial charge in [-0.05, 0) is 37.7 Å². The number of fused-ring (bicyclic) bond motifs is 1. The van der Waals surface area contributed by atoms with Crippen LogP contribution in [0.25, 0.3) is 0 Å². The predicted octanol–water partition coefficient (Wildman–Crippen LogP) is 4.18. The molecule has 0 fully saturated rings. The summed E-state index contributed by atoms with van der Waals surface area (Å²) in [5, 5.41) is 8.87. The number of aryl methyl sites for hydroxylation is 1. The van der Waals surface area contributed by atoms with Gasteiger partial charge < -0.3 is 5.11 Å². The van der Waals surface area contributed by atoms with Gasteiger partial charge >= 0.3 is 5.97 Å². The summed E-state index contributed by atoms with van der Waals surface area (Å²) in [6, 6.07) is 9.37. The van der Waals surface area contributed by atoms with Crippen molar-refractivity contribution in [3.63, 3.8) is 0 Å². The lowest BCUT2D eigenvalue weighted by Crippen LogP contribution is -2.04. The van der Waals surface area contributed by atoms with Gasteiger partial charge in [-0.15, -0.1) is 11.3 Å². The van der Waals surface area contributed by atoms with Crippen molar-refractivity contribution in [3.8, 4) is 0 Å². The van der Waals surface area contributed by atoms with E-state index in [4.69, 9.17) is 5.11 Å². The Bertz CT molecular complexity index is 715. The van der Waals surface area contributed by atoms with E-state index in [9.17, 15) is 9.59 Å². The Morgan fingerprint density at radius 2 is 2.00 bits per heavy atom. The first-order valence-corrected chi connectivity index (χ1v) is 8.33. The molecule has 1 aliphatic carbocycles. The number of rotatable bonds is 5. The quantitative estimate of drug-likeness (QED) is 0.842. The highest BCUT2D eigenvalue weighted by molar-refractivity contribution is 7.12. The van der Waals surface area contributed by atoms with Gasteiger partial charge in [-0.2, -0.15) is 0 Å². The van der Waals surface area contributed by atoms with Crippen molar-refractivity contribution in [2.75, 3.05) is 0 Å². The highest BCUT2D eigenvalue weighted by Crippen LogP contribution is 2.44. The van der Waals surface area contributed by atoms with Crippen LogP contribution in [-0.4, -0.2) is 16.9 Å². The molecule has 1 atom stereocenters. The zero-order chi connectivity index (χ0) is 15.7. The van der Waals surface area contributed by atoms with Gasteiger partial charge in [-0.25, -0.2) is 0 Å². The molecule has 4 heteroatoms. The van der Waals surface area contributed by atoms with E-state index < -0.39 is 5.97 Å².